The van der Waals surface area contributed by atoms with Crippen LogP contribution in [0.3, 0.4) is 0 Å². The molecule has 1 heterocycles. The minimum absolute atomic E-state index is 0.197. The smallest absolute Gasteiger partial charge is 0.119 e. The summed E-state index contributed by atoms with van der Waals surface area (Å²) < 4.78 is 11.3. The van der Waals surface area contributed by atoms with Crippen molar-refractivity contribution in [1.29, 1.82) is 0 Å². The summed E-state index contributed by atoms with van der Waals surface area (Å²) in [6.45, 7) is 4.68. The maximum Gasteiger partial charge on any atom is 0.119 e. The van der Waals surface area contributed by atoms with Crippen LogP contribution in [0.25, 0.3) is 0 Å². The molecule has 0 bridgehead atoms. The lowest BCUT2D eigenvalue weighted by Crippen LogP contribution is -2.37. The minimum Gasteiger partial charge on any atom is -0.494 e. The molecule has 3 rings (SSSR count). The Hall–Kier alpha value is -1.10. The SMILES string of the molecule is COC[C@H]1CCCN1CCCOc1ccc(C2(CN)CCCCC2)cc1. The Bertz CT molecular complexity index is 525. The van der Waals surface area contributed by atoms with Crippen molar-refractivity contribution in [2.75, 3.05) is 40.0 Å². The van der Waals surface area contributed by atoms with Crippen LogP contribution in [-0.4, -0.2) is 50.9 Å². The average molecular weight is 361 g/mol. The largest absolute Gasteiger partial charge is 0.494 e. The van der Waals surface area contributed by atoms with E-state index in [-0.39, 0.29) is 5.41 Å². The Morgan fingerprint density at radius 1 is 1.12 bits per heavy atom. The van der Waals surface area contributed by atoms with Gasteiger partial charge >= 0.3 is 0 Å². The summed E-state index contributed by atoms with van der Waals surface area (Å²) >= 11 is 0. The first-order chi connectivity index (χ1) is 12.8. The minimum atomic E-state index is 0.197. The van der Waals surface area contributed by atoms with E-state index < -0.39 is 0 Å². The van der Waals surface area contributed by atoms with E-state index in [1.165, 1.54) is 57.1 Å². The molecule has 2 fully saturated rings. The quantitative estimate of drug-likeness (QED) is 0.682. The van der Waals surface area contributed by atoms with Crippen LogP contribution in [0.4, 0.5) is 0 Å². The van der Waals surface area contributed by atoms with Gasteiger partial charge in [-0.2, -0.15) is 0 Å². The third-order valence-electron chi connectivity index (χ3n) is 6.38. The van der Waals surface area contributed by atoms with Gasteiger partial charge in [0.1, 0.15) is 5.75 Å². The highest BCUT2D eigenvalue weighted by atomic mass is 16.5. The summed E-state index contributed by atoms with van der Waals surface area (Å²) in [5.41, 5.74) is 7.75. The predicted molar refractivity (Wildman–Crippen MR) is 107 cm³/mol. The van der Waals surface area contributed by atoms with Gasteiger partial charge in [-0.1, -0.05) is 31.4 Å². The highest BCUT2D eigenvalue weighted by Gasteiger charge is 2.32. The predicted octanol–water partition coefficient (Wildman–Crippen LogP) is 3.73. The summed E-state index contributed by atoms with van der Waals surface area (Å²) in [7, 11) is 1.80. The molecule has 0 spiro atoms. The number of benzene rings is 1. The van der Waals surface area contributed by atoms with Gasteiger partial charge in [0.05, 0.1) is 13.2 Å². The van der Waals surface area contributed by atoms with Crippen LogP contribution in [0, 0.1) is 0 Å². The van der Waals surface area contributed by atoms with Crippen molar-refractivity contribution in [3.05, 3.63) is 29.8 Å². The average Bonchev–Trinajstić information content (AvgIpc) is 3.14. The van der Waals surface area contributed by atoms with Gasteiger partial charge in [0.25, 0.3) is 0 Å². The van der Waals surface area contributed by atoms with E-state index in [4.69, 9.17) is 15.2 Å². The van der Waals surface area contributed by atoms with Gasteiger partial charge in [-0.05, 0) is 56.3 Å². The van der Waals surface area contributed by atoms with Crippen LogP contribution >= 0.6 is 0 Å². The molecule has 0 radical (unpaired) electrons. The fourth-order valence-corrected chi connectivity index (χ4v) is 4.77. The Morgan fingerprint density at radius 2 is 1.88 bits per heavy atom. The van der Waals surface area contributed by atoms with Crippen molar-refractivity contribution >= 4 is 0 Å². The highest BCUT2D eigenvalue weighted by Crippen LogP contribution is 2.39. The lowest BCUT2D eigenvalue weighted by Gasteiger charge is -2.36. The molecule has 0 unspecified atom stereocenters. The lowest BCUT2D eigenvalue weighted by atomic mass is 9.69. The normalized spacial score (nSPS) is 23.2. The van der Waals surface area contributed by atoms with Gasteiger partial charge in [-0.3, -0.25) is 4.90 Å². The molecule has 146 valence electrons. The second kappa shape index (κ2) is 9.72. The summed E-state index contributed by atoms with van der Waals surface area (Å²) in [5, 5.41) is 0. The van der Waals surface area contributed by atoms with Crippen molar-refractivity contribution in [1.82, 2.24) is 4.90 Å². The van der Waals surface area contributed by atoms with Crippen LogP contribution in [0.2, 0.25) is 0 Å². The van der Waals surface area contributed by atoms with Crippen molar-refractivity contribution in [3.63, 3.8) is 0 Å². The standard InChI is InChI=1S/C22H36N2O2/c1-25-17-20-7-5-14-24(20)15-6-16-26-21-10-8-19(9-11-21)22(18-23)12-3-2-4-13-22/h8-11,20H,2-7,12-18,23H2,1H3/t20-/m1/s1. The Kier molecular flexibility index (Phi) is 7.35. The second-order valence-corrected chi connectivity index (χ2v) is 8.06. The molecule has 4 heteroatoms. The molecule has 0 amide bonds. The van der Waals surface area contributed by atoms with E-state index >= 15 is 0 Å². The molecular weight excluding hydrogens is 324 g/mol. The van der Waals surface area contributed by atoms with Gasteiger partial charge in [-0.25, -0.2) is 0 Å². The summed E-state index contributed by atoms with van der Waals surface area (Å²) in [4.78, 5) is 2.55. The van der Waals surface area contributed by atoms with E-state index in [1.807, 2.05) is 0 Å². The fraction of sp³-hybridized carbons (Fsp3) is 0.727. The van der Waals surface area contributed by atoms with Crippen LogP contribution in [0.1, 0.15) is 56.9 Å². The third kappa shape index (κ3) is 4.79. The van der Waals surface area contributed by atoms with Gasteiger partial charge in [-0.15, -0.1) is 0 Å². The van der Waals surface area contributed by atoms with Crippen molar-refractivity contribution < 1.29 is 9.47 Å². The molecule has 1 aliphatic heterocycles. The number of hydrogen-bond acceptors (Lipinski definition) is 4. The van der Waals surface area contributed by atoms with Gasteiger partial charge in [0.2, 0.25) is 0 Å². The highest BCUT2D eigenvalue weighted by molar-refractivity contribution is 5.33. The molecule has 4 nitrogen and oxygen atoms in total. The molecule has 2 aliphatic rings. The van der Waals surface area contributed by atoms with Crippen molar-refractivity contribution in [2.45, 2.75) is 62.8 Å². The first kappa shape index (κ1) is 19.7. The molecule has 0 aromatic heterocycles. The Balaban J connectivity index is 1.44. The number of nitrogens with two attached hydrogens (primary N) is 1. The first-order valence-electron chi connectivity index (χ1n) is 10.4. The van der Waals surface area contributed by atoms with Crippen LogP contribution in [0.5, 0.6) is 5.75 Å². The number of likely N-dealkylation sites (tertiary alicyclic amines) is 1. The fourth-order valence-electron chi connectivity index (χ4n) is 4.77. The van der Waals surface area contributed by atoms with Gasteiger partial charge < -0.3 is 15.2 Å². The number of methoxy groups -OCH3 is 1. The first-order valence-corrected chi connectivity index (χ1v) is 10.4. The third-order valence-corrected chi connectivity index (χ3v) is 6.38. The Morgan fingerprint density at radius 3 is 2.58 bits per heavy atom. The molecule has 1 aromatic rings. The molecule has 1 atom stereocenters. The monoisotopic (exact) mass is 360 g/mol. The number of nitrogens with zero attached hydrogens (tertiary/aromatic N) is 1. The molecule has 1 aromatic carbocycles. The van der Waals surface area contributed by atoms with E-state index in [0.29, 0.717) is 6.04 Å². The van der Waals surface area contributed by atoms with E-state index in [0.717, 1.165) is 38.5 Å². The van der Waals surface area contributed by atoms with Crippen LogP contribution in [-0.2, 0) is 10.2 Å². The van der Waals surface area contributed by atoms with Crippen molar-refractivity contribution in [3.8, 4) is 5.75 Å². The molecule has 1 saturated carbocycles. The zero-order valence-corrected chi connectivity index (χ0v) is 16.4. The molecule has 2 N–H and O–H groups in total. The molecule has 1 aliphatic carbocycles. The zero-order valence-electron chi connectivity index (χ0n) is 16.4. The maximum atomic E-state index is 6.15. The number of hydrogen-bond donors (Lipinski definition) is 1. The van der Waals surface area contributed by atoms with Crippen LogP contribution < -0.4 is 10.5 Å². The molecular formula is C22H36N2O2. The second-order valence-electron chi connectivity index (χ2n) is 8.06. The lowest BCUT2D eigenvalue weighted by molar-refractivity contribution is 0.111. The summed E-state index contributed by atoms with van der Waals surface area (Å²) in [6, 6.07) is 9.34. The maximum absolute atomic E-state index is 6.15. The van der Waals surface area contributed by atoms with E-state index in [9.17, 15) is 0 Å². The summed E-state index contributed by atoms with van der Waals surface area (Å²) in [5.74, 6) is 0.978. The van der Waals surface area contributed by atoms with Crippen LogP contribution in [0.15, 0.2) is 24.3 Å². The van der Waals surface area contributed by atoms with Gasteiger partial charge in [0, 0.05) is 31.7 Å². The Labute approximate surface area is 159 Å². The topological polar surface area (TPSA) is 47.7 Å². The number of rotatable bonds is 9. The number of ether oxygens (including phenoxy) is 2. The van der Waals surface area contributed by atoms with E-state index in [1.54, 1.807) is 7.11 Å². The molecule has 1 saturated heterocycles. The van der Waals surface area contributed by atoms with Crippen molar-refractivity contribution in [2.24, 2.45) is 5.73 Å². The van der Waals surface area contributed by atoms with E-state index in [2.05, 4.69) is 29.2 Å². The molecule has 26 heavy (non-hydrogen) atoms. The van der Waals surface area contributed by atoms with Gasteiger partial charge in [0.15, 0.2) is 0 Å². The summed E-state index contributed by atoms with van der Waals surface area (Å²) in [6.07, 6.45) is 10.0. The zero-order chi connectivity index (χ0) is 18.2.